The Morgan fingerprint density at radius 3 is 3.13 bits per heavy atom. The number of hydrogen-bond donors (Lipinski definition) is 2. The molecule has 0 radical (unpaired) electrons. The first-order chi connectivity index (χ1) is 7.34. The molecular weight excluding hydrogens is 190 g/mol. The number of ether oxygens (including phenoxy) is 1. The number of nitrogen functional groups attached to an aromatic ring is 1. The van der Waals surface area contributed by atoms with Gasteiger partial charge in [0.05, 0.1) is 18.0 Å². The van der Waals surface area contributed by atoms with Crippen molar-refractivity contribution in [3.05, 3.63) is 18.3 Å². The van der Waals surface area contributed by atoms with Crippen molar-refractivity contribution in [2.75, 3.05) is 24.2 Å². The van der Waals surface area contributed by atoms with E-state index in [9.17, 15) is 0 Å². The molecule has 82 valence electrons. The lowest BCUT2D eigenvalue weighted by Crippen LogP contribution is -2.12. The molecule has 4 nitrogen and oxygen atoms in total. The van der Waals surface area contributed by atoms with Crippen LogP contribution in [-0.2, 0) is 4.74 Å². The molecule has 1 aliphatic rings. The van der Waals surface area contributed by atoms with E-state index < -0.39 is 0 Å². The van der Waals surface area contributed by atoms with E-state index in [4.69, 9.17) is 10.5 Å². The molecule has 1 saturated heterocycles. The Bertz CT molecular complexity index is 293. The molecule has 1 aromatic rings. The first kappa shape index (κ1) is 10.2. The van der Waals surface area contributed by atoms with Gasteiger partial charge in [0, 0.05) is 13.2 Å². The molecule has 0 aliphatic carbocycles. The molecule has 1 aliphatic heterocycles. The van der Waals surface area contributed by atoms with E-state index in [2.05, 4.69) is 10.3 Å². The van der Waals surface area contributed by atoms with Gasteiger partial charge in [-0.1, -0.05) is 0 Å². The molecule has 1 fully saturated rings. The van der Waals surface area contributed by atoms with Gasteiger partial charge in [-0.25, -0.2) is 4.98 Å². The predicted molar refractivity (Wildman–Crippen MR) is 60.7 cm³/mol. The number of anilines is 2. The summed E-state index contributed by atoms with van der Waals surface area (Å²) in [5.41, 5.74) is 6.24. The third kappa shape index (κ3) is 3.09. The van der Waals surface area contributed by atoms with Crippen LogP contribution in [0.1, 0.15) is 19.3 Å². The topological polar surface area (TPSA) is 60.2 Å². The van der Waals surface area contributed by atoms with Gasteiger partial charge in [-0.15, -0.1) is 0 Å². The van der Waals surface area contributed by atoms with Crippen LogP contribution in [0.2, 0.25) is 0 Å². The van der Waals surface area contributed by atoms with Crippen LogP contribution in [0.3, 0.4) is 0 Å². The first-order valence-corrected chi connectivity index (χ1v) is 5.41. The molecule has 0 saturated carbocycles. The van der Waals surface area contributed by atoms with Crippen molar-refractivity contribution < 1.29 is 4.74 Å². The minimum atomic E-state index is 0.436. The maximum Gasteiger partial charge on any atom is 0.126 e. The van der Waals surface area contributed by atoms with Gasteiger partial charge >= 0.3 is 0 Å². The van der Waals surface area contributed by atoms with E-state index in [1.54, 1.807) is 6.20 Å². The summed E-state index contributed by atoms with van der Waals surface area (Å²) in [5.74, 6) is 0.877. The van der Waals surface area contributed by atoms with Crippen LogP contribution in [0.15, 0.2) is 18.3 Å². The number of hydrogen-bond acceptors (Lipinski definition) is 4. The van der Waals surface area contributed by atoms with Gasteiger partial charge in [0.2, 0.25) is 0 Å². The lowest BCUT2D eigenvalue weighted by molar-refractivity contribution is 0.107. The Kier molecular flexibility index (Phi) is 3.40. The Labute approximate surface area is 89.8 Å². The molecule has 0 spiro atoms. The zero-order chi connectivity index (χ0) is 10.5. The second-order valence-electron chi connectivity index (χ2n) is 3.83. The van der Waals surface area contributed by atoms with Crippen molar-refractivity contribution in [3.8, 4) is 0 Å². The van der Waals surface area contributed by atoms with E-state index >= 15 is 0 Å². The number of nitrogens with zero attached hydrogens (tertiary/aromatic N) is 1. The second-order valence-corrected chi connectivity index (χ2v) is 3.83. The maximum atomic E-state index is 5.54. The number of pyridine rings is 1. The smallest absolute Gasteiger partial charge is 0.126 e. The highest BCUT2D eigenvalue weighted by Gasteiger charge is 2.14. The highest BCUT2D eigenvalue weighted by Crippen LogP contribution is 2.15. The summed E-state index contributed by atoms with van der Waals surface area (Å²) in [5, 5.41) is 3.25. The van der Waals surface area contributed by atoms with Gasteiger partial charge in [-0.05, 0) is 31.4 Å². The van der Waals surface area contributed by atoms with Crippen molar-refractivity contribution in [3.63, 3.8) is 0 Å². The number of nitrogens with two attached hydrogens (primary N) is 1. The van der Waals surface area contributed by atoms with Gasteiger partial charge < -0.3 is 15.8 Å². The Balaban J connectivity index is 1.71. The van der Waals surface area contributed by atoms with Crippen molar-refractivity contribution in [1.29, 1.82) is 0 Å². The molecule has 0 aromatic carbocycles. The normalized spacial score (nSPS) is 20.4. The summed E-state index contributed by atoms with van der Waals surface area (Å²) in [7, 11) is 0. The largest absolute Gasteiger partial charge is 0.397 e. The summed E-state index contributed by atoms with van der Waals surface area (Å²) in [6, 6.07) is 3.74. The molecule has 2 heterocycles. The van der Waals surface area contributed by atoms with Gasteiger partial charge in [0.25, 0.3) is 0 Å². The Morgan fingerprint density at radius 2 is 2.47 bits per heavy atom. The quantitative estimate of drug-likeness (QED) is 0.788. The molecule has 1 atom stereocenters. The molecule has 1 aromatic heterocycles. The van der Waals surface area contributed by atoms with Crippen molar-refractivity contribution >= 4 is 11.5 Å². The van der Waals surface area contributed by atoms with Crippen molar-refractivity contribution in [2.24, 2.45) is 0 Å². The van der Waals surface area contributed by atoms with Gasteiger partial charge in [-0.3, -0.25) is 0 Å². The van der Waals surface area contributed by atoms with E-state index in [1.807, 2.05) is 12.1 Å². The minimum absolute atomic E-state index is 0.436. The highest BCUT2D eigenvalue weighted by molar-refractivity contribution is 5.43. The molecule has 4 heteroatoms. The fourth-order valence-corrected chi connectivity index (χ4v) is 1.74. The highest BCUT2D eigenvalue weighted by atomic mass is 16.5. The summed E-state index contributed by atoms with van der Waals surface area (Å²) < 4.78 is 5.53. The summed E-state index contributed by atoms with van der Waals surface area (Å²) in [4.78, 5) is 4.17. The molecule has 3 N–H and O–H groups in total. The predicted octanol–water partition coefficient (Wildman–Crippen LogP) is 1.64. The maximum absolute atomic E-state index is 5.54. The lowest BCUT2D eigenvalue weighted by Gasteiger charge is -2.10. The molecule has 1 unspecified atom stereocenters. The van der Waals surface area contributed by atoms with Crippen LogP contribution in [0, 0.1) is 0 Å². The van der Waals surface area contributed by atoms with Crippen LogP contribution in [0.5, 0.6) is 0 Å². The number of rotatable bonds is 4. The van der Waals surface area contributed by atoms with Crippen LogP contribution in [-0.4, -0.2) is 24.2 Å². The standard InChI is InChI=1S/C11H17N3O/c12-9-3-4-11(14-8-9)13-6-5-10-2-1-7-15-10/h3-4,8,10H,1-2,5-7,12H2,(H,13,14). The molecule has 15 heavy (non-hydrogen) atoms. The second kappa shape index (κ2) is 4.98. The minimum Gasteiger partial charge on any atom is -0.397 e. The fourth-order valence-electron chi connectivity index (χ4n) is 1.74. The summed E-state index contributed by atoms with van der Waals surface area (Å²) in [6.07, 6.45) is 5.54. The average molecular weight is 207 g/mol. The molecule has 0 amide bonds. The zero-order valence-electron chi connectivity index (χ0n) is 8.78. The van der Waals surface area contributed by atoms with E-state index in [0.29, 0.717) is 11.8 Å². The number of nitrogens with one attached hydrogen (secondary N) is 1. The fraction of sp³-hybridized carbons (Fsp3) is 0.545. The Morgan fingerprint density at radius 1 is 1.53 bits per heavy atom. The molecular formula is C11H17N3O. The van der Waals surface area contributed by atoms with Crippen molar-refractivity contribution in [1.82, 2.24) is 4.98 Å². The van der Waals surface area contributed by atoms with Crippen LogP contribution in [0.4, 0.5) is 11.5 Å². The van der Waals surface area contributed by atoms with E-state index in [0.717, 1.165) is 25.4 Å². The van der Waals surface area contributed by atoms with Gasteiger partial charge in [-0.2, -0.15) is 0 Å². The summed E-state index contributed by atoms with van der Waals surface area (Å²) in [6.45, 7) is 1.83. The monoisotopic (exact) mass is 207 g/mol. The third-order valence-corrected chi connectivity index (χ3v) is 2.58. The van der Waals surface area contributed by atoms with Crippen molar-refractivity contribution in [2.45, 2.75) is 25.4 Å². The van der Waals surface area contributed by atoms with Gasteiger partial charge in [0.15, 0.2) is 0 Å². The SMILES string of the molecule is Nc1ccc(NCCC2CCCO2)nc1. The summed E-state index contributed by atoms with van der Waals surface area (Å²) >= 11 is 0. The van der Waals surface area contributed by atoms with Crippen LogP contribution >= 0.6 is 0 Å². The molecule has 2 rings (SSSR count). The average Bonchev–Trinajstić information content (AvgIpc) is 2.74. The first-order valence-electron chi connectivity index (χ1n) is 5.41. The number of aromatic nitrogens is 1. The molecule has 0 bridgehead atoms. The third-order valence-electron chi connectivity index (χ3n) is 2.58. The lowest BCUT2D eigenvalue weighted by atomic mass is 10.2. The Hall–Kier alpha value is -1.29. The van der Waals surface area contributed by atoms with E-state index in [1.165, 1.54) is 12.8 Å². The zero-order valence-corrected chi connectivity index (χ0v) is 8.78. The van der Waals surface area contributed by atoms with Crippen LogP contribution < -0.4 is 11.1 Å². The van der Waals surface area contributed by atoms with Crippen LogP contribution in [0.25, 0.3) is 0 Å². The van der Waals surface area contributed by atoms with E-state index in [-0.39, 0.29) is 0 Å². The van der Waals surface area contributed by atoms with Gasteiger partial charge in [0.1, 0.15) is 5.82 Å².